The SMILES string of the molecule is NC(CCCCNC(=O)c1c(F)cccc1Cl)=NO. The van der Waals surface area contributed by atoms with Gasteiger partial charge in [-0.3, -0.25) is 4.79 Å². The van der Waals surface area contributed by atoms with E-state index in [-0.39, 0.29) is 16.4 Å². The van der Waals surface area contributed by atoms with Gasteiger partial charge >= 0.3 is 0 Å². The third kappa shape index (κ3) is 4.75. The molecule has 0 fully saturated rings. The van der Waals surface area contributed by atoms with Gasteiger partial charge in [-0.2, -0.15) is 0 Å². The number of nitrogens with two attached hydrogens (primary N) is 1. The second-order valence-electron chi connectivity index (χ2n) is 3.90. The van der Waals surface area contributed by atoms with Crippen LogP contribution >= 0.6 is 11.6 Å². The minimum absolute atomic E-state index is 0.0779. The molecule has 0 aliphatic heterocycles. The van der Waals surface area contributed by atoms with Crippen molar-refractivity contribution in [3.05, 3.63) is 34.6 Å². The molecule has 0 radical (unpaired) electrons. The van der Waals surface area contributed by atoms with Crippen LogP contribution in [-0.2, 0) is 0 Å². The average molecular weight is 288 g/mol. The molecule has 1 aromatic carbocycles. The number of carbonyl (C=O) groups is 1. The predicted octanol–water partition coefficient (Wildman–Crippen LogP) is 2.13. The van der Waals surface area contributed by atoms with Gasteiger partial charge in [-0.25, -0.2) is 4.39 Å². The van der Waals surface area contributed by atoms with E-state index in [2.05, 4.69) is 10.5 Å². The molecule has 1 amide bonds. The molecule has 0 atom stereocenters. The Balaban J connectivity index is 2.40. The van der Waals surface area contributed by atoms with Crippen molar-refractivity contribution in [3.8, 4) is 0 Å². The molecule has 0 saturated carbocycles. The van der Waals surface area contributed by atoms with Crippen LogP contribution in [0, 0.1) is 5.82 Å². The summed E-state index contributed by atoms with van der Waals surface area (Å²) in [5.74, 6) is -1.06. The zero-order valence-corrected chi connectivity index (χ0v) is 11.0. The molecule has 1 rings (SSSR count). The first-order valence-corrected chi connectivity index (χ1v) is 6.12. The fourth-order valence-corrected chi connectivity index (χ4v) is 1.73. The van der Waals surface area contributed by atoms with Crippen LogP contribution in [0.5, 0.6) is 0 Å². The Morgan fingerprint density at radius 2 is 2.21 bits per heavy atom. The summed E-state index contributed by atoms with van der Waals surface area (Å²) < 4.78 is 13.4. The molecule has 104 valence electrons. The number of halogens is 2. The predicted molar refractivity (Wildman–Crippen MR) is 71.0 cm³/mol. The highest BCUT2D eigenvalue weighted by atomic mass is 35.5. The molecule has 5 nitrogen and oxygen atoms in total. The molecular weight excluding hydrogens is 273 g/mol. The summed E-state index contributed by atoms with van der Waals surface area (Å²) in [6, 6.07) is 4.07. The Bertz CT molecular complexity index is 460. The van der Waals surface area contributed by atoms with E-state index in [0.29, 0.717) is 25.8 Å². The Labute approximate surface area is 115 Å². The second-order valence-corrected chi connectivity index (χ2v) is 4.31. The standard InChI is InChI=1S/C12H15ClFN3O2/c13-8-4-3-5-9(14)11(8)12(18)16-7-2-1-6-10(15)17-19/h3-5,19H,1-2,6-7H2,(H2,15,17)(H,16,18). The van der Waals surface area contributed by atoms with Gasteiger partial charge in [-0.15, -0.1) is 0 Å². The number of hydrogen-bond donors (Lipinski definition) is 3. The third-order valence-electron chi connectivity index (χ3n) is 2.46. The van der Waals surface area contributed by atoms with Gasteiger partial charge in [-0.05, 0) is 25.0 Å². The van der Waals surface area contributed by atoms with Gasteiger partial charge in [0.25, 0.3) is 5.91 Å². The Morgan fingerprint density at radius 1 is 1.47 bits per heavy atom. The summed E-state index contributed by atoms with van der Waals surface area (Å²) in [6.45, 7) is 0.363. The second kappa shape index (κ2) is 7.58. The highest BCUT2D eigenvalue weighted by Gasteiger charge is 2.14. The van der Waals surface area contributed by atoms with Crippen molar-refractivity contribution in [1.29, 1.82) is 0 Å². The Kier molecular flexibility index (Phi) is 6.08. The summed E-state index contributed by atoms with van der Waals surface area (Å²) in [7, 11) is 0. The molecule has 1 aromatic rings. The molecule has 0 aliphatic rings. The minimum Gasteiger partial charge on any atom is -0.409 e. The van der Waals surface area contributed by atoms with Gasteiger partial charge in [0, 0.05) is 13.0 Å². The van der Waals surface area contributed by atoms with E-state index in [1.54, 1.807) is 0 Å². The lowest BCUT2D eigenvalue weighted by molar-refractivity contribution is 0.0949. The number of nitrogens with one attached hydrogen (secondary N) is 1. The zero-order chi connectivity index (χ0) is 14.3. The van der Waals surface area contributed by atoms with Crippen LogP contribution in [0.2, 0.25) is 5.02 Å². The fourth-order valence-electron chi connectivity index (χ4n) is 1.49. The molecule has 0 aliphatic carbocycles. The quantitative estimate of drug-likeness (QED) is 0.246. The number of unbranched alkanes of at least 4 members (excludes halogenated alkanes) is 1. The van der Waals surface area contributed by atoms with Crippen LogP contribution in [0.15, 0.2) is 23.4 Å². The number of benzene rings is 1. The molecule has 0 saturated heterocycles. The maximum atomic E-state index is 13.4. The van der Waals surface area contributed by atoms with Gasteiger partial charge in [0.05, 0.1) is 10.6 Å². The lowest BCUT2D eigenvalue weighted by Crippen LogP contribution is -2.26. The molecular formula is C12H15ClFN3O2. The third-order valence-corrected chi connectivity index (χ3v) is 2.78. The normalized spacial score (nSPS) is 11.4. The lowest BCUT2D eigenvalue weighted by Gasteiger charge is -2.07. The molecule has 0 spiro atoms. The molecule has 4 N–H and O–H groups in total. The number of oxime groups is 1. The van der Waals surface area contributed by atoms with Gasteiger partial charge in [-0.1, -0.05) is 22.8 Å². The maximum absolute atomic E-state index is 13.4. The number of rotatable bonds is 6. The van der Waals surface area contributed by atoms with Crippen molar-refractivity contribution in [1.82, 2.24) is 5.32 Å². The Morgan fingerprint density at radius 3 is 2.84 bits per heavy atom. The van der Waals surface area contributed by atoms with E-state index >= 15 is 0 Å². The summed E-state index contributed by atoms with van der Waals surface area (Å²) in [5.41, 5.74) is 5.14. The van der Waals surface area contributed by atoms with E-state index in [1.165, 1.54) is 18.2 Å². The van der Waals surface area contributed by atoms with E-state index < -0.39 is 11.7 Å². The van der Waals surface area contributed by atoms with Crippen molar-refractivity contribution in [2.45, 2.75) is 19.3 Å². The molecule has 0 heterocycles. The first-order chi connectivity index (χ1) is 9.06. The molecule has 19 heavy (non-hydrogen) atoms. The van der Waals surface area contributed by atoms with Crippen LogP contribution in [0.25, 0.3) is 0 Å². The zero-order valence-electron chi connectivity index (χ0n) is 10.2. The highest BCUT2D eigenvalue weighted by Crippen LogP contribution is 2.18. The van der Waals surface area contributed by atoms with Crippen LogP contribution in [-0.4, -0.2) is 23.5 Å². The number of amides is 1. The largest absolute Gasteiger partial charge is 0.409 e. The highest BCUT2D eigenvalue weighted by molar-refractivity contribution is 6.33. The van der Waals surface area contributed by atoms with E-state index in [1.807, 2.05) is 0 Å². The summed E-state index contributed by atoms with van der Waals surface area (Å²) in [5, 5.41) is 13.8. The number of nitrogens with zero attached hydrogens (tertiary/aromatic N) is 1. The van der Waals surface area contributed by atoms with Crippen molar-refractivity contribution >= 4 is 23.3 Å². The molecule has 0 unspecified atom stereocenters. The van der Waals surface area contributed by atoms with Gasteiger partial charge < -0.3 is 16.3 Å². The van der Waals surface area contributed by atoms with Gasteiger partial charge in [0.15, 0.2) is 0 Å². The molecule has 7 heteroatoms. The average Bonchev–Trinajstić information content (AvgIpc) is 2.37. The topological polar surface area (TPSA) is 87.7 Å². The summed E-state index contributed by atoms with van der Waals surface area (Å²) >= 11 is 5.76. The van der Waals surface area contributed by atoms with Crippen molar-refractivity contribution < 1.29 is 14.4 Å². The monoisotopic (exact) mass is 287 g/mol. The van der Waals surface area contributed by atoms with Crippen molar-refractivity contribution in [2.75, 3.05) is 6.54 Å². The summed E-state index contributed by atoms with van der Waals surface area (Å²) in [6.07, 6.45) is 1.72. The van der Waals surface area contributed by atoms with Gasteiger partial charge in [0.2, 0.25) is 0 Å². The number of carbonyl (C=O) groups excluding carboxylic acids is 1. The fraction of sp³-hybridized carbons (Fsp3) is 0.333. The minimum atomic E-state index is -0.651. The molecule has 0 bridgehead atoms. The van der Waals surface area contributed by atoms with E-state index in [9.17, 15) is 9.18 Å². The first kappa shape index (κ1) is 15.2. The van der Waals surface area contributed by atoms with Crippen LogP contribution in [0.4, 0.5) is 4.39 Å². The van der Waals surface area contributed by atoms with Crippen LogP contribution < -0.4 is 11.1 Å². The van der Waals surface area contributed by atoms with Crippen LogP contribution in [0.3, 0.4) is 0 Å². The number of amidine groups is 1. The van der Waals surface area contributed by atoms with Gasteiger partial charge in [0.1, 0.15) is 11.7 Å². The van der Waals surface area contributed by atoms with Crippen molar-refractivity contribution in [2.24, 2.45) is 10.9 Å². The number of hydrogen-bond acceptors (Lipinski definition) is 3. The van der Waals surface area contributed by atoms with E-state index in [4.69, 9.17) is 22.5 Å². The van der Waals surface area contributed by atoms with E-state index in [0.717, 1.165) is 0 Å². The smallest absolute Gasteiger partial charge is 0.255 e. The summed E-state index contributed by atoms with van der Waals surface area (Å²) in [4.78, 5) is 11.7. The maximum Gasteiger partial charge on any atom is 0.255 e. The van der Waals surface area contributed by atoms with Crippen LogP contribution in [0.1, 0.15) is 29.6 Å². The van der Waals surface area contributed by atoms with Crippen molar-refractivity contribution in [3.63, 3.8) is 0 Å². The first-order valence-electron chi connectivity index (χ1n) is 5.75. The molecule has 0 aromatic heterocycles. The Hall–Kier alpha value is -1.82. The lowest BCUT2D eigenvalue weighted by atomic mass is 10.2.